The smallest absolute Gasteiger partial charge is 0.129 e. The summed E-state index contributed by atoms with van der Waals surface area (Å²) in [6.45, 7) is 3.85. The molecule has 0 atom stereocenters. The zero-order chi connectivity index (χ0) is 13.5. The first kappa shape index (κ1) is 13.8. The van der Waals surface area contributed by atoms with Gasteiger partial charge in [-0.3, -0.25) is 0 Å². The van der Waals surface area contributed by atoms with Gasteiger partial charge in [0.2, 0.25) is 0 Å². The molecule has 0 bridgehead atoms. The van der Waals surface area contributed by atoms with E-state index >= 15 is 0 Å². The van der Waals surface area contributed by atoms with E-state index in [9.17, 15) is 0 Å². The number of anilines is 1. The van der Waals surface area contributed by atoms with Crippen LogP contribution < -0.4 is 5.32 Å². The van der Waals surface area contributed by atoms with Crippen LogP contribution in [0.1, 0.15) is 11.3 Å². The number of halogens is 1. The molecule has 2 rings (SSSR count). The third-order valence-corrected chi connectivity index (χ3v) is 2.79. The predicted molar refractivity (Wildman–Crippen MR) is 76.4 cm³/mol. The standard InChI is InChI=1S/C14H16ClN3O/c1-11-8-14(18-10-17-11)16-6-7-19-9-12-2-4-13(15)5-3-12/h2-5,8,10H,6-7,9H2,1H3,(H,16,17,18). The van der Waals surface area contributed by atoms with Crippen LogP contribution in [0.25, 0.3) is 0 Å². The predicted octanol–water partition coefficient (Wildman–Crippen LogP) is 3.07. The summed E-state index contributed by atoms with van der Waals surface area (Å²) >= 11 is 5.81. The molecule has 100 valence electrons. The van der Waals surface area contributed by atoms with Crippen molar-refractivity contribution in [1.29, 1.82) is 0 Å². The Kier molecular flexibility index (Phi) is 5.12. The van der Waals surface area contributed by atoms with Crippen LogP contribution in [0.4, 0.5) is 5.82 Å². The second-order valence-corrected chi connectivity index (χ2v) is 4.59. The van der Waals surface area contributed by atoms with Gasteiger partial charge in [0.1, 0.15) is 12.1 Å². The van der Waals surface area contributed by atoms with Crippen molar-refractivity contribution < 1.29 is 4.74 Å². The van der Waals surface area contributed by atoms with Crippen molar-refractivity contribution in [2.24, 2.45) is 0 Å². The summed E-state index contributed by atoms with van der Waals surface area (Å²) in [4.78, 5) is 8.15. The number of hydrogen-bond donors (Lipinski definition) is 1. The third-order valence-electron chi connectivity index (χ3n) is 2.54. The molecule has 0 saturated carbocycles. The lowest BCUT2D eigenvalue weighted by molar-refractivity contribution is 0.130. The maximum Gasteiger partial charge on any atom is 0.129 e. The minimum Gasteiger partial charge on any atom is -0.375 e. The molecule has 1 N–H and O–H groups in total. The van der Waals surface area contributed by atoms with Crippen LogP contribution in [-0.2, 0) is 11.3 Å². The Hall–Kier alpha value is -1.65. The van der Waals surface area contributed by atoms with Crippen molar-refractivity contribution in [3.8, 4) is 0 Å². The lowest BCUT2D eigenvalue weighted by atomic mass is 10.2. The quantitative estimate of drug-likeness (QED) is 0.825. The number of aryl methyl sites for hydroxylation is 1. The number of aromatic nitrogens is 2. The van der Waals surface area contributed by atoms with Crippen molar-refractivity contribution in [2.45, 2.75) is 13.5 Å². The molecular formula is C14H16ClN3O. The van der Waals surface area contributed by atoms with Crippen molar-refractivity contribution in [3.63, 3.8) is 0 Å². The first-order chi connectivity index (χ1) is 9.24. The second-order valence-electron chi connectivity index (χ2n) is 4.15. The van der Waals surface area contributed by atoms with Crippen molar-refractivity contribution in [3.05, 3.63) is 52.9 Å². The highest BCUT2D eigenvalue weighted by Crippen LogP contribution is 2.10. The van der Waals surface area contributed by atoms with Crippen molar-refractivity contribution >= 4 is 17.4 Å². The minimum atomic E-state index is 0.585. The van der Waals surface area contributed by atoms with E-state index in [1.165, 1.54) is 0 Å². The first-order valence-electron chi connectivity index (χ1n) is 6.09. The van der Waals surface area contributed by atoms with Gasteiger partial charge in [-0.15, -0.1) is 0 Å². The van der Waals surface area contributed by atoms with E-state index < -0.39 is 0 Å². The minimum absolute atomic E-state index is 0.585. The van der Waals surface area contributed by atoms with E-state index in [1.807, 2.05) is 37.3 Å². The summed E-state index contributed by atoms with van der Waals surface area (Å²) in [5, 5.41) is 3.92. The summed E-state index contributed by atoms with van der Waals surface area (Å²) in [6, 6.07) is 9.55. The molecule has 1 aromatic heterocycles. The van der Waals surface area contributed by atoms with Crippen LogP contribution in [-0.4, -0.2) is 23.1 Å². The molecule has 1 aromatic carbocycles. The molecule has 0 radical (unpaired) electrons. The van der Waals surface area contributed by atoms with E-state index in [-0.39, 0.29) is 0 Å². The summed E-state index contributed by atoms with van der Waals surface area (Å²) < 4.78 is 5.56. The van der Waals surface area contributed by atoms with Crippen LogP contribution >= 0.6 is 11.6 Å². The van der Waals surface area contributed by atoms with Gasteiger partial charge in [0, 0.05) is 23.3 Å². The maximum absolute atomic E-state index is 5.81. The van der Waals surface area contributed by atoms with Gasteiger partial charge in [0.15, 0.2) is 0 Å². The van der Waals surface area contributed by atoms with Gasteiger partial charge in [-0.25, -0.2) is 9.97 Å². The number of rotatable bonds is 6. The SMILES string of the molecule is Cc1cc(NCCOCc2ccc(Cl)cc2)ncn1. The van der Waals surface area contributed by atoms with Crippen LogP contribution in [0.15, 0.2) is 36.7 Å². The molecule has 0 spiro atoms. The fraction of sp³-hybridized carbons (Fsp3) is 0.286. The largest absolute Gasteiger partial charge is 0.375 e. The molecule has 2 aromatic rings. The molecule has 0 amide bonds. The van der Waals surface area contributed by atoms with Gasteiger partial charge >= 0.3 is 0 Å². The summed E-state index contributed by atoms with van der Waals surface area (Å²) in [6.07, 6.45) is 1.55. The van der Waals surface area contributed by atoms with Gasteiger partial charge in [0.25, 0.3) is 0 Å². The molecule has 0 saturated heterocycles. The highest BCUT2D eigenvalue weighted by atomic mass is 35.5. The monoisotopic (exact) mass is 277 g/mol. The Morgan fingerprint density at radius 2 is 2.00 bits per heavy atom. The van der Waals surface area contributed by atoms with Gasteiger partial charge in [-0.05, 0) is 24.6 Å². The van der Waals surface area contributed by atoms with E-state index in [0.29, 0.717) is 19.8 Å². The Labute approximate surface area is 117 Å². The third kappa shape index (κ3) is 4.85. The van der Waals surface area contributed by atoms with Crippen LogP contribution in [0.2, 0.25) is 5.02 Å². The van der Waals surface area contributed by atoms with Crippen molar-refractivity contribution in [1.82, 2.24) is 9.97 Å². The fourth-order valence-electron chi connectivity index (χ4n) is 1.57. The van der Waals surface area contributed by atoms with Gasteiger partial charge in [0.05, 0.1) is 13.2 Å². The van der Waals surface area contributed by atoms with Gasteiger partial charge < -0.3 is 10.1 Å². The van der Waals surface area contributed by atoms with Crippen LogP contribution in [0, 0.1) is 6.92 Å². The molecule has 4 nitrogen and oxygen atoms in total. The van der Waals surface area contributed by atoms with E-state index in [1.54, 1.807) is 6.33 Å². The zero-order valence-corrected chi connectivity index (χ0v) is 11.5. The van der Waals surface area contributed by atoms with Crippen LogP contribution in [0.3, 0.4) is 0 Å². The maximum atomic E-state index is 5.81. The summed E-state index contributed by atoms with van der Waals surface area (Å²) in [5.74, 6) is 0.822. The molecule has 0 unspecified atom stereocenters. The lowest BCUT2D eigenvalue weighted by Gasteiger charge is -2.07. The normalized spacial score (nSPS) is 10.4. The Balaban J connectivity index is 1.66. The molecule has 19 heavy (non-hydrogen) atoms. The first-order valence-corrected chi connectivity index (χ1v) is 6.46. The highest BCUT2D eigenvalue weighted by Gasteiger charge is 1.96. The average molecular weight is 278 g/mol. The summed E-state index contributed by atoms with van der Waals surface area (Å²) in [5.41, 5.74) is 2.06. The van der Waals surface area contributed by atoms with E-state index in [2.05, 4.69) is 15.3 Å². The zero-order valence-electron chi connectivity index (χ0n) is 10.8. The molecule has 5 heteroatoms. The lowest BCUT2D eigenvalue weighted by Crippen LogP contribution is -2.10. The van der Waals surface area contributed by atoms with Crippen molar-refractivity contribution in [2.75, 3.05) is 18.5 Å². The van der Waals surface area contributed by atoms with E-state index in [0.717, 1.165) is 22.1 Å². The number of hydrogen-bond acceptors (Lipinski definition) is 4. The van der Waals surface area contributed by atoms with E-state index in [4.69, 9.17) is 16.3 Å². The summed E-state index contributed by atoms with van der Waals surface area (Å²) in [7, 11) is 0. The molecule has 0 fully saturated rings. The number of ether oxygens (including phenoxy) is 1. The molecule has 0 aliphatic rings. The van der Waals surface area contributed by atoms with Gasteiger partial charge in [-0.2, -0.15) is 0 Å². The highest BCUT2D eigenvalue weighted by molar-refractivity contribution is 6.30. The fourth-order valence-corrected chi connectivity index (χ4v) is 1.70. The Morgan fingerprint density at radius 3 is 2.74 bits per heavy atom. The van der Waals surface area contributed by atoms with Gasteiger partial charge in [-0.1, -0.05) is 23.7 Å². The molecular weight excluding hydrogens is 262 g/mol. The number of nitrogens with one attached hydrogen (secondary N) is 1. The van der Waals surface area contributed by atoms with Crippen LogP contribution in [0.5, 0.6) is 0 Å². The molecule has 0 aliphatic heterocycles. The average Bonchev–Trinajstić information content (AvgIpc) is 2.41. The number of benzene rings is 1. The molecule has 1 heterocycles. The topological polar surface area (TPSA) is 47.0 Å². The Morgan fingerprint density at radius 1 is 1.21 bits per heavy atom. The Bertz CT molecular complexity index is 516. The number of nitrogens with zero attached hydrogens (tertiary/aromatic N) is 2. The molecule has 0 aliphatic carbocycles. The second kappa shape index (κ2) is 7.07.